The van der Waals surface area contributed by atoms with Crippen LogP contribution in [-0.4, -0.2) is 9.19 Å². The number of nitrogens with zero attached hydrogens (tertiary/aromatic N) is 1. The van der Waals surface area contributed by atoms with Crippen LogP contribution in [0.15, 0.2) is 22.6 Å². The molecule has 6 heteroatoms. The SMILES string of the molecule is Cc1nc(C2CCCCC2)c(-c2ccc(OS(N)=O)c(C)c2)o1. The fraction of sp³-hybridized carbons (Fsp3) is 0.471. The van der Waals surface area contributed by atoms with Gasteiger partial charge in [-0.05, 0) is 43.5 Å². The molecule has 5 nitrogen and oxygen atoms in total. The van der Waals surface area contributed by atoms with Gasteiger partial charge in [-0.2, -0.15) is 4.21 Å². The van der Waals surface area contributed by atoms with Gasteiger partial charge < -0.3 is 8.60 Å². The second-order valence-corrected chi connectivity index (χ2v) is 6.79. The first-order valence-corrected chi connectivity index (χ1v) is 9.11. The third kappa shape index (κ3) is 3.64. The molecule has 1 aliphatic rings. The Balaban J connectivity index is 1.95. The molecule has 0 aliphatic heterocycles. The Kier molecular flexibility index (Phi) is 4.82. The van der Waals surface area contributed by atoms with Crippen LogP contribution in [0.2, 0.25) is 0 Å². The zero-order chi connectivity index (χ0) is 16.4. The Morgan fingerprint density at radius 1 is 1.26 bits per heavy atom. The average molecular weight is 334 g/mol. The summed E-state index contributed by atoms with van der Waals surface area (Å²) in [4.78, 5) is 4.64. The highest BCUT2D eigenvalue weighted by molar-refractivity contribution is 7.78. The molecule has 2 aromatic rings. The van der Waals surface area contributed by atoms with E-state index in [0.29, 0.717) is 17.6 Å². The van der Waals surface area contributed by atoms with E-state index in [2.05, 4.69) is 4.98 Å². The van der Waals surface area contributed by atoms with Crippen molar-refractivity contribution in [2.45, 2.75) is 51.9 Å². The van der Waals surface area contributed by atoms with Crippen molar-refractivity contribution in [1.82, 2.24) is 4.98 Å². The van der Waals surface area contributed by atoms with E-state index in [0.717, 1.165) is 22.6 Å². The summed E-state index contributed by atoms with van der Waals surface area (Å²) in [6, 6.07) is 5.65. The highest BCUT2D eigenvalue weighted by Gasteiger charge is 2.24. The van der Waals surface area contributed by atoms with Crippen LogP contribution in [0.3, 0.4) is 0 Å². The van der Waals surface area contributed by atoms with Crippen molar-refractivity contribution in [3.63, 3.8) is 0 Å². The molecule has 1 aromatic heterocycles. The summed E-state index contributed by atoms with van der Waals surface area (Å²) in [5.41, 5.74) is 2.90. The van der Waals surface area contributed by atoms with Crippen LogP contribution in [0.5, 0.6) is 5.75 Å². The lowest BCUT2D eigenvalue weighted by Crippen LogP contribution is -2.10. The van der Waals surface area contributed by atoms with E-state index < -0.39 is 11.3 Å². The third-order valence-corrected chi connectivity index (χ3v) is 4.71. The number of rotatable bonds is 4. The van der Waals surface area contributed by atoms with Crippen LogP contribution in [0.25, 0.3) is 11.3 Å². The zero-order valence-electron chi connectivity index (χ0n) is 13.5. The lowest BCUT2D eigenvalue weighted by Gasteiger charge is -2.20. The number of hydrogen-bond donors (Lipinski definition) is 1. The number of aryl methyl sites for hydroxylation is 2. The lowest BCUT2D eigenvalue weighted by molar-refractivity contribution is 0.437. The van der Waals surface area contributed by atoms with Crippen molar-refractivity contribution in [1.29, 1.82) is 0 Å². The van der Waals surface area contributed by atoms with E-state index in [1.165, 1.54) is 32.1 Å². The Hall–Kier alpha value is -1.66. The summed E-state index contributed by atoms with van der Waals surface area (Å²) in [5.74, 6) is 2.54. The van der Waals surface area contributed by atoms with E-state index >= 15 is 0 Å². The minimum atomic E-state index is -1.82. The standard InChI is InChI=1S/C17H22N2O3S/c1-11-10-14(8-9-15(11)22-23(18)20)17-16(19-12(2)21-17)13-6-4-3-5-7-13/h8-10,13H,3-7,18H2,1-2H3. The fourth-order valence-corrected chi connectivity index (χ4v) is 3.64. The van der Waals surface area contributed by atoms with Gasteiger partial charge in [0.1, 0.15) is 5.75 Å². The van der Waals surface area contributed by atoms with Crippen LogP contribution < -0.4 is 9.32 Å². The van der Waals surface area contributed by atoms with Crippen LogP contribution in [-0.2, 0) is 11.3 Å². The number of aromatic nitrogens is 1. The molecule has 1 fully saturated rings. The summed E-state index contributed by atoms with van der Waals surface area (Å²) in [5, 5.41) is 5.19. The Bertz CT molecular complexity index is 721. The molecule has 1 atom stereocenters. The van der Waals surface area contributed by atoms with Gasteiger partial charge in [0.05, 0.1) is 5.69 Å². The quantitative estimate of drug-likeness (QED) is 0.919. The maximum Gasteiger partial charge on any atom is 0.285 e. The summed E-state index contributed by atoms with van der Waals surface area (Å²) >= 11 is -1.82. The first-order chi connectivity index (χ1) is 11.0. The number of hydrogen-bond acceptors (Lipinski definition) is 4. The highest BCUT2D eigenvalue weighted by atomic mass is 32.2. The minimum Gasteiger partial charge on any atom is -0.441 e. The van der Waals surface area contributed by atoms with Crippen molar-refractivity contribution >= 4 is 11.3 Å². The second kappa shape index (κ2) is 6.84. The Morgan fingerprint density at radius 2 is 2.00 bits per heavy atom. The van der Waals surface area contributed by atoms with Crippen molar-refractivity contribution in [3.05, 3.63) is 35.3 Å². The minimum absolute atomic E-state index is 0.476. The zero-order valence-corrected chi connectivity index (χ0v) is 14.3. The van der Waals surface area contributed by atoms with Gasteiger partial charge in [-0.1, -0.05) is 19.3 Å². The van der Waals surface area contributed by atoms with E-state index in [1.807, 2.05) is 26.0 Å². The molecule has 1 aliphatic carbocycles. The van der Waals surface area contributed by atoms with Gasteiger partial charge in [-0.25, -0.2) is 10.1 Å². The van der Waals surface area contributed by atoms with Gasteiger partial charge in [-0.3, -0.25) is 0 Å². The van der Waals surface area contributed by atoms with Crippen LogP contribution in [0.4, 0.5) is 0 Å². The summed E-state index contributed by atoms with van der Waals surface area (Å²) in [6.07, 6.45) is 6.16. The summed E-state index contributed by atoms with van der Waals surface area (Å²) in [6.45, 7) is 3.78. The maximum atomic E-state index is 11.0. The van der Waals surface area contributed by atoms with Gasteiger partial charge >= 0.3 is 0 Å². The topological polar surface area (TPSA) is 78.4 Å². The molecule has 0 bridgehead atoms. The molecule has 0 saturated heterocycles. The van der Waals surface area contributed by atoms with Gasteiger partial charge in [0, 0.05) is 18.4 Å². The van der Waals surface area contributed by atoms with Crippen molar-refractivity contribution in [2.75, 3.05) is 0 Å². The maximum absolute atomic E-state index is 11.0. The largest absolute Gasteiger partial charge is 0.441 e. The van der Waals surface area contributed by atoms with Crippen LogP contribution >= 0.6 is 0 Å². The number of nitrogens with two attached hydrogens (primary N) is 1. The lowest BCUT2D eigenvalue weighted by atomic mass is 9.85. The van der Waals surface area contributed by atoms with Gasteiger partial charge in [0.2, 0.25) is 0 Å². The van der Waals surface area contributed by atoms with E-state index in [-0.39, 0.29) is 0 Å². The molecule has 3 rings (SSSR count). The van der Waals surface area contributed by atoms with Crippen molar-refractivity contribution in [2.24, 2.45) is 5.14 Å². The number of benzene rings is 1. The molecule has 23 heavy (non-hydrogen) atoms. The summed E-state index contributed by atoms with van der Waals surface area (Å²) < 4.78 is 22.0. The van der Waals surface area contributed by atoms with Gasteiger partial charge in [0.25, 0.3) is 11.3 Å². The second-order valence-electron chi connectivity index (χ2n) is 6.11. The monoisotopic (exact) mass is 334 g/mol. The Morgan fingerprint density at radius 3 is 2.65 bits per heavy atom. The molecule has 1 saturated carbocycles. The molecule has 124 valence electrons. The molecular formula is C17H22N2O3S. The third-order valence-electron chi connectivity index (χ3n) is 4.36. The fourth-order valence-electron chi connectivity index (χ4n) is 3.28. The van der Waals surface area contributed by atoms with Crippen molar-refractivity contribution in [3.8, 4) is 17.1 Å². The highest BCUT2D eigenvalue weighted by Crippen LogP contribution is 2.39. The predicted molar refractivity (Wildman–Crippen MR) is 90.2 cm³/mol. The smallest absolute Gasteiger partial charge is 0.285 e. The predicted octanol–water partition coefficient (Wildman–Crippen LogP) is 3.92. The first-order valence-electron chi connectivity index (χ1n) is 7.97. The molecule has 0 spiro atoms. The van der Waals surface area contributed by atoms with Crippen LogP contribution in [0, 0.1) is 13.8 Å². The summed E-state index contributed by atoms with van der Waals surface area (Å²) in [7, 11) is 0. The molecule has 1 unspecified atom stereocenters. The van der Waals surface area contributed by atoms with E-state index in [4.69, 9.17) is 13.7 Å². The molecule has 1 aromatic carbocycles. The molecule has 0 radical (unpaired) electrons. The van der Waals surface area contributed by atoms with E-state index in [9.17, 15) is 4.21 Å². The van der Waals surface area contributed by atoms with Gasteiger partial charge in [-0.15, -0.1) is 0 Å². The normalized spacial score (nSPS) is 17.2. The molecular weight excluding hydrogens is 312 g/mol. The van der Waals surface area contributed by atoms with Crippen LogP contribution in [0.1, 0.15) is 55.2 Å². The first kappa shape index (κ1) is 16.2. The molecule has 2 N–H and O–H groups in total. The van der Waals surface area contributed by atoms with E-state index in [1.54, 1.807) is 6.07 Å². The Labute approximate surface area is 139 Å². The molecule has 1 heterocycles. The molecule has 0 amide bonds. The van der Waals surface area contributed by atoms with Gasteiger partial charge in [0.15, 0.2) is 11.7 Å². The van der Waals surface area contributed by atoms with Crippen molar-refractivity contribution < 1.29 is 12.8 Å². The number of oxazole rings is 1. The average Bonchev–Trinajstić information content (AvgIpc) is 2.92.